The van der Waals surface area contributed by atoms with Crippen molar-refractivity contribution in [2.45, 2.75) is 24.9 Å². The van der Waals surface area contributed by atoms with Gasteiger partial charge in [0.2, 0.25) is 5.91 Å². The highest BCUT2D eigenvalue weighted by Crippen LogP contribution is 2.40. The number of rotatable bonds is 3. The lowest BCUT2D eigenvalue weighted by atomic mass is 9.90. The van der Waals surface area contributed by atoms with Gasteiger partial charge in [-0.1, -0.05) is 6.07 Å². The molecule has 8 nitrogen and oxygen atoms in total. The lowest BCUT2D eigenvalue weighted by Crippen LogP contribution is -2.43. The van der Waals surface area contributed by atoms with E-state index in [9.17, 15) is 19.7 Å². The number of nitrogens with zero attached hydrogens (tertiary/aromatic N) is 1. The second-order valence-corrected chi connectivity index (χ2v) is 6.98. The van der Waals surface area contributed by atoms with E-state index in [1.807, 2.05) is 0 Å². The van der Waals surface area contributed by atoms with Crippen molar-refractivity contribution in [1.82, 2.24) is 0 Å². The molecule has 2 aromatic carbocycles. The van der Waals surface area contributed by atoms with E-state index in [2.05, 4.69) is 5.32 Å². The van der Waals surface area contributed by atoms with Crippen molar-refractivity contribution < 1.29 is 24.0 Å². The summed E-state index contributed by atoms with van der Waals surface area (Å²) in [5, 5.41) is 14.0. The summed E-state index contributed by atoms with van der Waals surface area (Å²) in [6.45, 7) is 1.03. The molecule has 8 heteroatoms. The van der Waals surface area contributed by atoms with Crippen molar-refractivity contribution in [3.05, 3.63) is 52.1 Å². The monoisotopic (exact) mass is 382 g/mol. The smallest absolute Gasteiger partial charge is 0.270 e. The zero-order chi connectivity index (χ0) is 19.7. The molecule has 2 aromatic rings. The zero-order valence-electron chi connectivity index (χ0n) is 15.0. The second kappa shape index (κ2) is 7.05. The third kappa shape index (κ3) is 3.34. The molecular weight excluding hydrogens is 364 g/mol. The fourth-order valence-electron chi connectivity index (χ4n) is 3.67. The number of carbonyl (C=O) groups is 2. The van der Waals surface area contributed by atoms with E-state index in [1.54, 1.807) is 18.2 Å². The maximum atomic E-state index is 12.3. The summed E-state index contributed by atoms with van der Waals surface area (Å²) in [5.41, 5.74) is 1.17. The van der Waals surface area contributed by atoms with Crippen LogP contribution in [0.15, 0.2) is 36.4 Å². The summed E-state index contributed by atoms with van der Waals surface area (Å²) in [7, 11) is 0. The van der Waals surface area contributed by atoms with Crippen molar-refractivity contribution >= 4 is 23.6 Å². The van der Waals surface area contributed by atoms with Gasteiger partial charge in [0.25, 0.3) is 5.69 Å². The van der Waals surface area contributed by atoms with Gasteiger partial charge >= 0.3 is 0 Å². The van der Waals surface area contributed by atoms with Crippen LogP contribution in [0.3, 0.4) is 0 Å². The quantitative estimate of drug-likeness (QED) is 0.495. The van der Waals surface area contributed by atoms with Crippen LogP contribution in [0.25, 0.3) is 11.1 Å². The molecule has 0 atom stereocenters. The molecule has 0 bridgehead atoms. The Morgan fingerprint density at radius 1 is 1.14 bits per heavy atom. The highest BCUT2D eigenvalue weighted by molar-refractivity contribution is 5.95. The summed E-state index contributed by atoms with van der Waals surface area (Å²) in [6.07, 6.45) is 2.09. The van der Waals surface area contributed by atoms with Crippen LogP contribution >= 0.6 is 0 Å². The van der Waals surface area contributed by atoms with E-state index in [4.69, 9.17) is 9.47 Å². The first-order valence-electron chi connectivity index (χ1n) is 8.94. The molecule has 1 fully saturated rings. The first kappa shape index (κ1) is 18.1. The Morgan fingerprint density at radius 3 is 2.64 bits per heavy atom. The molecule has 2 heterocycles. The van der Waals surface area contributed by atoms with Gasteiger partial charge in [-0.05, 0) is 29.3 Å². The highest BCUT2D eigenvalue weighted by Gasteiger charge is 2.39. The third-order valence-electron chi connectivity index (χ3n) is 5.15. The van der Waals surface area contributed by atoms with Gasteiger partial charge in [0.05, 0.1) is 30.2 Å². The Bertz CT molecular complexity index is 965. The summed E-state index contributed by atoms with van der Waals surface area (Å²) in [6, 6.07) is 9.19. The van der Waals surface area contributed by atoms with E-state index in [0.717, 1.165) is 0 Å². The van der Waals surface area contributed by atoms with Gasteiger partial charge in [0.15, 0.2) is 6.29 Å². The van der Waals surface area contributed by atoms with Crippen molar-refractivity contribution in [3.63, 3.8) is 0 Å². The molecular formula is C20H18N2O6. The van der Waals surface area contributed by atoms with E-state index < -0.39 is 10.5 Å². The summed E-state index contributed by atoms with van der Waals surface area (Å²) >= 11 is 0. The number of nitro groups is 1. The minimum Gasteiger partial charge on any atom is -0.484 e. The van der Waals surface area contributed by atoms with E-state index in [-0.39, 0.29) is 18.0 Å². The highest BCUT2D eigenvalue weighted by atomic mass is 16.6. The van der Waals surface area contributed by atoms with Crippen LogP contribution in [-0.4, -0.2) is 35.9 Å². The van der Waals surface area contributed by atoms with Crippen molar-refractivity contribution in [2.75, 3.05) is 18.5 Å². The van der Waals surface area contributed by atoms with E-state index >= 15 is 0 Å². The number of nitrogens with one attached hydrogen (secondary N) is 1. The second-order valence-electron chi connectivity index (χ2n) is 6.98. The Labute approximate surface area is 160 Å². The molecule has 1 spiro atoms. The van der Waals surface area contributed by atoms with Gasteiger partial charge in [0.1, 0.15) is 11.4 Å². The number of fused-ring (bicyclic) bond motifs is 1. The minimum atomic E-state index is -0.637. The molecule has 28 heavy (non-hydrogen) atoms. The number of anilines is 1. The Hall–Kier alpha value is -3.26. The summed E-state index contributed by atoms with van der Waals surface area (Å²) in [4.78, 5) is 34.4. The van der Waals surface area contributed by atoms with Crippen LogP contribution in [0, 0.1) is 10.1 Å². The van der Waals surface area contributed by atoms with Gasteiger partial charge in [-0.2, -0.15) is 0 Å². The third-order valence-corrected chi connectivity index (χ3v) is 5.15. The summed E-state index contributed by atoms with van der Waals surface area (Å²) in [5.74, 6) is 0.353. The normalized spacial score (nSPS) is 17.8. The van der Waals surface area contributed by atoms with Crippen LogP contribution in [0.2, 0.25) is 0 Å². The van der Waals surface area contributed by atoms with E-state index in [1.165, 1.54) is 18.2 Å². The Balaban J connectivity index is 1.79. The predicted molar refractivity (Wildman–Crippen MR) is 101 cm³/mol. The molecule has 1 amide bonds. The molecule has 0 aliphatic carbocycles. The molecule has 0 radical (unpaired) electrons. The maximum Gasteiger partial charge on any atom is 0.270 e. The van der Waals surface area contributed by atoms with Crippen LogP contribution < -0.4 is 10.1 Å². The van der Waals surface area contributed by atoms with Gasteiger partial charge in [-0.15, -0.1) is 0 Å². The maximum absolute atomic E-state index is 12.3. The molecule has 2 aliphatic heterocycles. The lowest BCUT2D eigenvalue weighted by Gasteiger charge is -2.35. The SMILES string of the molecule is O=Cc1ccc([N+](=O)[O-])cc1-c1ccc2c(c1)OC1(CCOCC1)CC(=O)N2. The Morgan fingerprint density at radius 2 is 1.93 bits per heavy atom. The lowest BCUT2D eigenvalue weighted by molar-refractivity contribution is -0.384. The van der Waals surface area contributed by atoms with Crippen molar-refractivity contribution in [2.24, 2.45) is 0 Å². The fourth-order valence-corrected chi connectivity index (χ4v) is 3.67. The largest absolute Gasteiger partial charge is 0.484 e. The molecule has 0 aromatic heterocycles. The van der Waals surface area contributed by atoms with Gasteiger partial charge in [-0.3, -0.25) is 19.7 Å². The van der Waals surface area contributed by atoms with Gasteiger partial charge < -0.3 is 14.8 Å². The number of nitro benzene ring substituents is 1. The number of ether oxygens (including phenoxy) is 2. The number of amides is 1. The average Bonchev–Trinajstić information content (AvgIpc) is 2.82. The molecule has 2 aliphatic rings. The Kier molecular flexibility index (Phi) is 4.56. The number of benzene rings is 2. The number of aldehydes is 1. The number of hydrogen-bond donors (Lipinski definition) is 1. The van der Waals surface area contributed by atoms with Crippen LogP contribution in [0.5, 0.6) is 5.75 Å². The molecule has 144 valence electrons. The number of hydrogen-bond acceptors (Lipinski definition) is 6. The molecule has 4 rings (SSSR count). The first-order chi connectivity index (χ1) is 13.5. The topological polar surface area (TPSA) is 108 Å². The van der Waals surface area contributed by atoms with Crippen LogP contribution in [0.4, 0.5) is 11.4 Å². The van der Waals surface area contributed by atoms with Gasteiger partial charge in [0, 0.05) is 30.5 Å². The van der Waals surface area contributed by atoms with Gasteiger partial charge in [-0.25, -0.2) is 0 Å². The van der Waals surface area contributed by atoms with Crippen LogP contribution in [-0.2, 0) is 9.53 Å². The van der Waals surface area contributed by atoms with Crippen molar-refractivity contribution in [3.8, 4) is 16.9 Å². The number of non-ortho nitro benzene ring substituents is 1. The average molecular weight is 382 g/mol. The first-order valence-corrected chi connectivity index (χ1v) is 8.94. The minimum absolute atomic E-state index is 0.106. The molecule has 1 saturated heterocycles. The van der Waals surface area contributed by atoms with E-state index in [0.29, 0.717) is 60.5 Å². The zero-order valence-corrected chi connectivity index (χ0v) is 15.0. The standard InChI is InChI=1S/C20H18N2O6/c23-12-14-1-3-15(22(25)26)10-16(14)13-2-4-17-18(9-13)28-20(11-19(24)21-17)5-7-27-8-6-20/h1-4,9-10,12H,5-8,11H2,(H,21,24). The molecule has 0 saturated carbocycles. The predicted octanol–water partition coefficient (Wildman–Crippen LogP) is 3.34. The molecule has 0 unspecified atom stereocenters. The van der Waals surface area contributed by atoms with Crippen LogP contribution in [0.1, 0.15) is 29.6 Å². The van der Waals surface area contributed by atoms with Crippen molar-refractivity contribution in [1.29, 1.82) is 0 Å². The molecule has 1 N–H and O–H groups in total. The summed E-state index contributed by atoms with van der Waals surface area (Å²) < 4.78 is 11.7. The number of carbonyl (C=O) groups excluding carboxylic acids is 2. The fraction of sp³-hybridized carbons (Fsp3) is 0.300.